The van der Waals surface area contributed by atoms with E-state index in [-0.39, 0.29) is 12.1 Å². The van der Waals surface area contributed by atoms with Crippen LogP contribution < -0.4 is 5.32 Å². The van der Waals surface area contributed by atoms with Crippen molar-refractivity contribution in [2.24, 2.45) is 0 Å². The van der Waals surface area contributed by atoms with Crippen molar-refractivity contribution in [2.75, 3.05) is 6.61 Å². The lowest BCUT2D eigenvalue weighted by molar-refractivity contribution is 0.150. The summed E-state index contributed by atoms with van der Waals surface area (Å²) in [6, 6.07) is 1.70. The summed E-state index contributed by atoms with van der Waals surface area (Å²) in [5.74, 6) is 0. The van der Waals surface area contributed by atoms with Gasteiger partial charge in [0.1, 0.15) is 6.07 Å². The van der Waals surface area contributed by atoms with E-state index in [1.165, 1.54) is 0 Å². The zero-order chi connectivity index (χ0) is 8.91. The third-order valence-electron chi connectivity index (χ3n) is 0.745. The minimum absolute atomic E-state index is 0.206. The molecule has 4 heteroatoms. The molecule has 0 aliphatic rings. The molecule has 0 aliphatic heterocycles. The quantitative estimate of drug-likeness (QED) is 0.616. The Morgan fingerprint density at radius 2 is 2.18 bits per heavy atom. The molecule has 0 saturated heterocycles. The zero-order valence-corrected chi connectivity index (χ0v) is 6.97. The predicted octanol–water partition coefficient (Wildman–Crippen LogP) is 1.03. The first-order chi connectivity index (χ1) is 4.95. The van der Waals surface area contributed by atoms with Crippen molar-refractivity contribution in [1.29, 1.82) is 5.26 Å². The highest BCUT2D eigenvalue weighted by molar-refractivity contribution is 5.68. The van der Waals surface area contributed by atoms with Crippen LogP contribution >= 0.6 is 0 Å². The van der Waals surface area contributed by atoms with Gasteiger partial charge in [0, 0.05) is 5.54 Å². The first kappa shape index (κ1) is 9.76. The summed E-state index contributed by atoms with van der Waals surface area (Å²) in [5, 5.41) is 10.6. The summed E-state index contributed by atoms with van der Waals surface area (Å²) < 4.78 is 4.46. The van der Waals surface area contributed by atoms with Crippen molar-refractivity contribution in [3.05, 3.63) is 0 Å². The van der Waals surface area contributed by atoms with E-state index in [0.717, 1.165) is 0 Å². The second-order valence-electron chi connectivity index (χ2n) is 3.11. The molecule has 0 radical (unpaired) electrons. The lowest BCUT2D eigenvalue weighted by Gasteiger charge is -2.19. The van der Waals surface area contributed by atoms with Crippen LogP contribution in [0.4, 0.5) is 4.79 Å². The summed E-state index contributed by atoms with van der Waals surface area (Å²) in [5.41, 5.74) is -0.313. The average Bonchev–Trinajstić information content (AvgIpc) is 1.79. The van der Waals surface area contributed by atoms with Gasteiger partial charge in [-0.2, -0.15) is 5.26 Å². The Hall–Kier alpha value is -1.24. The number of nitriles is 1. The fourth-order valence-electron chi connectivity index (χ4n) is 0.440. The predicted molar refractivity (Wildman–Crippen MR) is 39.8 cm³/mol. The van der Waals surface area contributed by atoms with Crippen molar-refractivity contribution in [3.63, 3.8) is 0 Å². The van der Waals surface area contributed by atoms with Crippen LogP contribution in [0.2, 0.25) is 0 Å². The summed E-state index contributed by atoms with van der Waals surface area (Å²) >= 11 is 0. The van der Waals surface area contributed by atoms with Crippen molar-refractivity contribution < 1.29 is 9.53 Å². The van der Waals surface area contributed by atoms with Gasteiger partial charge in [-0.1, -0.05) is 0 Å². The van der Waals surface area contributed by atoms with Gasteiger partial charge >= 0.3 is 6.09 Å². The van der Waals surface area contributed by atoms with Gasteiger partial charge in [-0.25, -0.2) is 4.79 Å². The van der Waals surface area contributed by atoms with E-state index < -0.39 is 6.09 Å². The van der Waals surface area contributed by atoms with E-state index in [2.05, 4.69) is 10.1 Å². The molecule has 1 N–H and O–H groups in total. The molecule has 0 aromatic rings. The van der Waals surface area contributed by atoms with Crippen molar-refractivity contribution in [2.45, 2.75) is 26.3 Å². The number of hydrogen-bond donors (Lipinski definition) is 1. The maximum atomic E-state index is 10.7. The number of rotatable bonds is 1. The molecule has 4 nitrogen and oxygen atoms in total. The highest BCUT2D eigenvalue weighted by Gasteiger charge is 2.13. The first-order valence-corrected chi connectivity index (χ1v) is 3.27. The molecule has 0 fully saturated rings. The fourth-order valence-corrected chi connectivity index (χ4v) is 0.440. The maximum Gasteiger partial charge on any atom is 0.408 e. The van der Waals surface area contributed by atoms with E-state index in [1.807, 2.05) is 20.8 Å². The van der Waals surface area contributed by atoms with Gasteiger partial charge in [-0.05, 0) is 20.8 Å². The first-order valence-electron chi connectivity index (χ1n) is 3.27. The minimum atomic E-state index is -0.556. The molecule has 0 aliphatic carbocycles. The highest BCUT2D eigenvalue weighted by atomic mass is 16.5. The smallest absolute Gasteiger partial charge is 0.408 e. The molecular weight excluding hydrogens is 144 g/mol. The molecule has 0 saturated carbocycles. The molecule has 0 atom stereocenters. The fraction of sp³-hybridized carbons (Fsp3) is 0.714. The highest BCUT2D eigenvalue weighted by Crippen LogP contribution is 1.98. The Labute approximate surface area is 66.1 Å². The van der Waals surface area contributed by atoms with Crippen molar-refractivity contribution >= 4 is 6.09 Å². The maximum absolute atomic E-state index is 10.7. The Morgan fingerprint density at radius 3 is 2.55 bits per heavy atom. The van der Waals surface area contributed by atoms with Crippen molar-refractivity contribution in [3.8, 4) is 6.07 Å². The number of nitrogens with zero attached hydrogens (tertiary/aromatic N) is 1. The molecular formula is C7H12N2O2. The third-order valence-corrected chi connectivity index (χ3v) is 0.745. The van der Waals surface area contributed by atoms with E-state index >= 15 is 0 Å². The monoisotopic (exact) mass is 156 g/mol. The zero-order valence-electron chi connectivity index (χ0n) is 6.97. The van der Waals surface area contributed by atoms with Crippen LogP contribution in [0.15, 0.2) is 0 Å². The van der Waals surface area contributed by atoms with Crippen LogP contribution in [0.3, 0.4) is 0 Å². The molecule has 0 bridgehead atoms. The van der Waals surface area contributed by atoms with Crippen molar-refractivity contribution in [1.82, 2.24) is 5.32 Å². The Balaban J connectivity index is 3.64. The van der Waals surface area contributed by atoms with Crippen LogP contribution in [0.1, 0.15) is 20.8 Å². The van der Waals surface area contributed by atoms with Crippen LogP contribution in [0, 0.1) is 11.3 Å². The number of nitrogens with one attached hydrogen (secondary N) is 1. The van der Waals surface area contributed by atoms with Crippen LogP contribution in [-0.4, -0.2) is 18.2 Å². The molecule has 62 valence electrons. The summed E-state index contributed by atoms with van der Waals surface area (Å²) in [6.07, 6.45) is -0.556. The number of alkyl carbamates (subject to hydrolysis) is 1. The van der Waals surface area contributed by atoms with Gasteiger partial charge < -0.3 is 10.1 Å². The molecule has 0 aromatic heterocycles. The normalized spacial score (nSPS) is 10.0. The van der Waals surface area contributed by atoms with Crippen LogP contribution in [-0.2, 0) is 4.74 Å². The largest absolute Gasteiger partial charge is 0.434 e. The average molecular weight is 156 g/mol. The summed E-state index contributed by atoms with van der Waals surface area (Å²) in [4.78, 5) is 10.7. The van der Waals surface area contributed by atoms with E-state index in [0.29, 0.717) is 0 Å². The van der Waals surface area contributed by atoms with Gasteiger partial charge in [-0.15, -0.1) is 0 Å². The third kappa shape index (κ3) is 6.65. The lowest BCUT2D eigenvalue weighted by Crippen LogP contribution is -2.40. The standard InChI is InChI=1S/C7H12N2O2/c1-7(2,3)9-6(10)11-5-4-8/h5H2,1-3H3,(H,9,10). The van der Waals surface area contributed by atoms with E-state index in [9.17, 15) is 4.79 Å². The van der Waals surface area contributed by atoms with Gasteiger partial charge in [0.25, 0.3) is 0 Å². The number of amides is 1. The van der Waals surface area contributed by atoms with Gasteiger partial charge in [0.05, 0.1) is 0 Å². The SMILES string of the molecule is CC(C)(C)NC(=O)OCC#N. The Kier molecular flexibility index (Phi) is 3.38. The number of carbonyl (C=O) groups is 1. The Bertz CT molecular complexity index is 176. The lowest BCUT2D eigenvalue weighted by atomic mass is 10.1. The molecule has 0 heterocycles. The number of ether oxygens (including phenoxy) is 1. The second kappa shape index (κ2) is 3.81. The molecule has 11 heavy (non-hydrogen) atoms. The summed E-state index contributed by atoms with van der Waals surface area (Å²) in [6.45, 7) is 5.30. The molecule has 1 amide bonds. The van der Waals surface area contributed by atoms with Crippen LogP contribution in [0.25, 0.3) is 0 Å². The molecule has 0 unspecified atom stereocenters. The Morgan fingerprint density at radius 1 is 1.64 bits per heavy atom. The number of carbonyl (C=O) groups excluding carboxylic acids is 1. The molecule has 0 spiro atoms. The molecule has 0 rings (SSSR count). The van der Waals surface area contributed by atoms with Crippen LogP contribution in [0.5, 0.6) is 0 Å². The second-order valence-corrected chi connectivity index (χ2v) is 3.11. The topological polar surface area (TPSA) is 62.1 Å². The van der Waals surface area contributed by atoms with Gasteiger partial charge in [0.15, 0.2) is 6.61 Å². The van der Waals surface area contributed by atoms with Gasteiger partial charge in [0.2, 0.25) is 0 Å². The van der Waals surface area contributed by atoms with E-state index in [1.54, 1.807) is 6.07 Å². The van der Waals surface area contributed by atoms with Gasteiger partial charge in [-0.3, -0.25) is 0 Å². The molecule has 0 aromatic carbocycles. The number of hydrogen-bond acceptors (Lipinski definition) is 3. The minimum Gasteiger partial charge on any atom is -0.434 e. The van der Waals surface area contributed by atoms with E-state index in [4.69, 9.17) is 5.26 Å². The summed E-state index contributed by atoms with van der Waals surface area (Å²) in [7, 11) is 0.